The van der Waals surface area contributed by atoms with E-state index in [-0.39, 0.29) is 36.9 Å². The van der Waals surface area contributed by atoms with Crippen LogP contribution >= 0.6 is 0 Å². The van der Waals surface area contributed by atoms with E-state index in [9.17, 15) is 23.4 Å². The summed E-state index contributed by atoms with van der Waals surface area (Å²) in [4.78, 5) is 17.7. The first kappa shape index (κ1) is 27.7. The highest BCUT2D eigenvalue weighted by molar-refractivity contribution is 7.88. The second-order valence-electron chi connectivity index (χ2n) is 13.8. The molecule has 226 valence electrons. The molecule has 4 saturated carbocycles. The van der Waals surface area contributed by atoms with Gasteiger partial charge in [-0.25, -0.2) is 13.2 Å². The number of nitrogens with one attached hydrogen (secondary N) is 1. The van der Waals surface area contributed by atoms with Crippen LogP contribution in [0.5, 0.6) is 5.75 Å². The number of anilines is 1. The number of piperidine rings is 1. The largest absolute Gasteiger partial charge is 0.491 e. The van der Waals surface area contributed by atoms with Gasteiger partial charge in [-0.05, 0) is 86.5 Å². The summed E-state index contributed by atoms with van der Waals surface area (Å²) < 4.78 is 31.1. The molecule has 7 aliphatic rings. The Morgan fingerprint density at radius 2 is 1.51 bits per heavy atom. The Labute approximate surface area is 243 Å². The Kier molecular flexibility index (Phi) is 6.95. The number of aliphatic hydroxyl groups excluding tert-OH is 1. The third kappa shape index (κ3) is 5.21. The lowest BCUT2D eigenvalue weighted by Gasteiger charge is -2.57. The molecule has 3 aliphatic heterocycles. The minimum Gasteiger partial charge on any atom is -0.491 e. The van der Waals surface area contributed by atoms with E-state index < -0.39 is 15.6 Å². The molecule has 8 rings (SSSR count). The molecule has 3 N–H and O–H groups in total. The molecule has 2 amide bonds. The SMILES string of the molecule is CS(=O)(=O)N1CCN(c2ccc(OCC3(O)CC4CCC(C3)N4C(=O)NC3C4CC5CC3CC(C4)C5O)cc2)CC1. The first-order chi connectivity index (χ1) is 19.6. The zero-order valence-electron chi connectivity index (χ0n) is 23.9. The van der Waals surface area contributed by atoms with Crippen molar-refractivity contribution in [1.82, 2.24) is 14.5 Å². The fraction of sp³-hybridized carbons (Fsp3) is 0.767. The van der Waals surface area contributed by atoms with Crippen LogP contribution in [0.4, 0.5) is 10.5 Å². The van der Waals surface area contributed by atoms with Gasteiger partial charge in [0.2, 0.25) is 10.0 Å². The van der Waals surface area contributed by atoms with Gasteiger partial charge in [0.25, 0.3) is 0 Å². The summed E-state index contributed by atoms with van der Waals surface area (Å²) in [7, 11) is -3.16. The van der Waals surface area contributed by atoms with Crippen molar-refractivity contribution in [2.45, 2.75) is 81.2 Å². The number of hydrogen-bond donors (Lipinski definition) is 3. The van der Waals surface area contributed by atoms with Crippen molar-refractivity contribution >= 4 is 21.7 Å². The number of amides is 2. The van der Waals surface area contributed by atoms with Crippen LogP contribution in [0.1, 0.15) is 51.4 Å². The van der Waals surface area contributed by atoms with Crippen LogP contribution in [0.3, 0.4) is 0 Å². The number of fused-ring (bicyclic) bond motifs is 2. The zero-order chi connectivity index (χ0) is 28.5. The molecule has 1 aromatic carbocycles. The number of urea groups is 1. The molecule has 10 nitrogen and oxygen atoms in total. The molecule has 3 heterocycles. The van der Waals surface area contributed by atoms with Crippen LogP contribution in [0.25, 0.3) is 0 Å². The van der Waals surface area contributed by atoms with Crippen molar-refractivity contribution < 1.29 is 28.2 Å². The number of carbonyl (C=O) groups excluding carboxylic acids is 1. The molecule has 4 aliphatic carbocycles. The summed E-state index contributed by atoms with van der Waals surface area (Å²) >= 11 is 0. The van der Waals surface area contributed by atoms with E-state index in [0.717, 1.165) is 44.2 Å². The number of benzene rings is 1. The van der Waals surface area contributed by atoms with E-state index >= 15 is 0 Å². The summed E-state index contributed by atoms with van der Waals surface area (Å²) in [6, 6.07) is 8.08. The standard InChI is InChI=1S/C30H44N4O6S/c1-41(38,39)33-10-8-32(9-11-33)23-4-6-26(7-5-23)40-18-30(37)16-24-2-3-25(17-30)34(24)29(36)31-27-19-12-21-14-20(27)15-22(13-19)28(21)35/h4-7,19-22,24-25,27-28,35,37H,2-3,8-18H2,1H3,(H,31,36). The normalized spacial score (nSPS) is 40.2. The predicted molar refractivity (Wildman–Crippen MR) is 154 cm³/mol. The highest BCUT2D eigenvalue weighted by atomic mass is 32.2. The monoisotopic (exact) mass is 588 g/mol. The first-order valence-electron chi connectivity index (χ1n) is 15.5. The van der Waals surface area contributed by atoms with Crippen LogP contribution in [0, 0.1) is 23.7 Å². The van der Waals surface area contributed by atoms with E-state index in [1.165, 1.54) is 10.6 Å². The molecule has 11 heteroatoms. The quantitative estimate of drug-likeness (QED) is 0.465. The van der Waals surface area contributed by atoms with Crippen molar-refractivity contribution in [2.24, 2.45) is 23.7 Å². The Hall–Kier alpha value is -2.08. The second kappa shape index (κ2) is 10.3. The highest BCUT2D eigenvalue weighted by Crippen LogP contribution is 2.54. The summed E-state index contributed by atoms with van der Waals surface area (Å²) in [5.41, 5.74) is 0.0547. The highest BCUT2D eigenvalue weighted by Gasteiger charge is 2.55. The lowest BCUT2D eigenvalue weighted by atomic mass is 9.53. The van der Waals surface area contributed by atoms with Gasteiger partial charge < -0.3 is 30.1 Å². The van der Waals surface area contributed by atoms with E-state index in [1.54, 1.807) is 0 Å². The lowest BCUT2D eigenvalue weighted by Crippen LogP contribution is -2.63. The number of rotatable bonds is 6. The average Bonchev–Trinajstić information content (AvgIpc) is 3.22. The maximum Gasteiger partial charge on any atom is 0.318 e. The van der Waals surface area contributed by atoms with Gasteiger partial charge in [0.15, 0.2) is 0 Å². The van der Waals surface area contributed by atoms with Gasteiger partial charge in [-0.3, -0.25) is 0 Å². The maximum absolute atomic E-state index is 13.6. The minimum absolute atomic E-state index is 0.0222. The number of nitrogens with zero attached hydrogens (tertiary/aromatic N) is 3. The topological polar surface area (TPSA) is 123 Å². The summed E-state index contributed by atoms with van der Waals surface area (Å²) in [5.74, 6) is 2.50. The van der Waals surface area contributed by atoms with Gasteiger partial charge in [0.05, 0.1) is 12.4 Å². The predicted octanol–water partition coefficient (Wildman–Crippen LogP) is 2.01. The van der Waals surface area contributed by atoms with E-state index in [0.29, 0.717) is 68.4 Å². The minimum atomic E-state index is -3.16. The summed E-state index contributed by atoms with van der Waals surface area (Å²) in [6.45, 7) is 2.45. The van der Waals surface area contributed by atoms with Crippen LogP contribution in [-0.2, 0) is 10.0 Å². The molecule has 7 fully saturated rings. The van der Waals surface area contributed by atoms with Gasteiger partial charge in [-0.1, -0.05) is 0 Å². The molecule has 41 heavy (non-hydrogen) atoms. The van der Waals surface area contributed by atoms with Gasteiger partial charge in [0.1, 0.15) is 18.0 Å². The number of sulfonamides is 1. The Morgan fingerprint density at radius 3 is 2.05 bits per heavy atom. The fourth-order valence-corrected chi connectivity index (χ4v) is 10.2. The molecule has 2 atom stereocenters. The Balaban J connectivity index is 0.918. The molecule has 3 saturated heterocycles. The second-order valence-corrected chi connectivity index (χ2v) is 15.8. The lowest BCUT2D eigenvalue weighted by molar-refractivity contribution is -0.107. The smallest absolute Gasteiger partial charge is 0.318 e. The third-order valence-corrected chi connectivity index (χ3v) is 12.5. The number of ether oxygens (including phenoxy) is 1. The van der Waals surface area contributed by atoms with Crippen LogP contribution in [0.2, 0.25) is 0 Å². The number of carbonyl (C=O) groups is 1. The molecular weight excluding hydrogens is 544 g/mol. The molecule has 2 unspecified atom stereocenters. The zero-order valence-corrected chi connectivity index (χ0v) is 24.7. The van der Waals surface area contributed by atoms with Crippen LogP contribution < -0.4 is 15.0 Å². The molecule has 0 aromatic heterocycles. The maximum atomic E-state index is 13.6. The molecule has 0 spiro atoms. The Morgan fingerprint density at radius 1 is 0.951 bits per heavy atom. The van der Waals surface area contributed by atoms with Gasteiger partial charge in [0, 0.05) is 62.8 Å². The van der Waals surface area contributed by atoms with E-state index in [2.05, 4.69) is 10.2 Å². The van der Waals surface area contributed by atoms with E-state index in [4.69, 9.17) is 4.74 Å². The molecule has 6 bridgehead atoms. The van der Waals surface area contributed by atoms with E-state index in [1.807, 2.05) is 29.2 Å². The van der Waals surface area contributed by atoms with Crippen molar-refractivity contribution in [3.63, 3.8) is 0 Å². The first-order valence-corrected chi connectivity index (χ1v) is 17.3. The van der Waals surface area contributed by atoms with Crippen molar-refractivity contribution in [3.05, 3.63) is 24.3 Å². The van der Waals surface area contributed by atoms with Gasteiger partial charge in [-0.2, -0.15) is 4.31 Å². The van der Waals surface area contributed by atoms with Gasteiger partial charge >= 0.3 is 6.03 Å². The third-order valence-electron chi connectivity index (χ3n) is 11.2. The average molecular weight is 589 g/mol. The number of hydrogen-bond acceptors (Lipinski definition) is 7. The summed E-state index contributed by atoms with van der Waals surface area (Å²) in [6.07, 6.45) is 8.11. The van der Waals surface area contributed by atoms with Crippen LogP contribution in [0.15, 0.2) is 24.3 Å². The van der Waals surface area contributed by atoms with Crippen molar-refractivity contribution in [2.75, 3.05) is 43.9 Å². The molecular formula is C30H44N4O6S. The number of piperazine rings is 1. The summed E-state index contributed by atoms with van der Waals surface area (Å²) in [5, 5.41) is 25.4. The van der Waals surface area contributed by atoms with Gasteiger partial charge in [-0.15, -0.1) is 0 Å². The van der Waals surface area contributed by atoms with Crippen molar-refractivity contribution in [3.8, 4) is 5.75 Å². The Bertz CT molecular complexity index is 1210. The molecule has 0 radical (unpaired) electrons. The van der Waals surface area contributed by atoms with Crippen LogP contribution in [-0.4, -0.2) is 103 Å². The fourth-order valence-electron chi connectivity index (χ4n) is 9.33. The molecule has 1 aromatic rings. The van der Waals surface area contributed by atoms with Crippen molar-refractivity contribution in [1.29, 1.82) is 0 Å². The number of aliphatic hydroxyl groups is 2.